The zero-order valence-electron chi connectivity index (χ0n) is 13.1. The van der Waals surface area contributed by atoms with Crippen molar-refractivity contribution < 1.29 is 14.3 Å². The molecule has 0 aliphatic heterocycles. The van der Waals surface area contributed by atoms with E-state index >= 15 is 0 Å². The van der Waals surface area contributed by atoms with E-state index in [0.717, 1.165) is 11.1 Å². The van der Waals surface area contributed by atoms with Crippen LogP contribution in [0.25, 0.3) is 0 Å². The Morgan fingerprint density at radius 2 is 1.83 bits per heavy atom. The van der Waals surface area contributed by atoms with Gasteiger partial charge in [0, 0.05) is 10.7 Å². The van der Waals surface area contributed by atoms with Crippen molar-refractivity contribution in [3.8, 4) is 0 Å². The highest BCUT2D eigenvalue weighted by molar-refractivity contribution is 6.31. The Bertz CT molecular complexity index is 728. The third-order valence-electron chi connectivity index (χ3n) is 3.45. The number of hydrogen-bond donors (Lipinski definition) is 1. The molecule has 0 aliphatic rings. The van der Waals surface area contributed by atoms with Gasteiger partial charge in [-0.25, -0.2) is 0 Å². The van der Waals surface area contributed by atoms with E-state index in [2.05, 4.69) is 5.32 Å². The Hall–Kier alpha value is -2.33. The molecule has 0 unspecified atom stereocenters. The van der Waals surface area contributed by atoms with E-state index in [4.69, 9.17) is 16.3 Å². The zero-order valence-corrected chi connectivity index (χ0v) is 13.8. The van der Waals surface area contributed by atoms with Crippen LogP contribution in [-0.4, -0.2) is 18.5 Å². The van der Waals surface area contributed by atoms with Crippen molar-refractivity contribution in [3.63, 3.8) is 0 Å². The fraction of sp³-hybridized carbons (Fsp3) is 0.222. The summed E-state index contributed by atoms with van der Waals surface area (Å²) in [7, 11) is 0. The van der Waals surface area contributed by atoms with Gasteiger partial charge in [0.15, 0.2) is 6.61 Å². The molecule has 2 rings (SSSR count). The molecule has 0 saturated carbocycles. The Kier molecular flexibility index (Phi) is 5.77. The number of halogens is 1. The fourth-order valence-electron chi connectivity index (χ4n) is 2.01. The molecule has 23 heavy (non-hydrogen) atoms. The largest absolute Gasteiger partial charge is 0.455 e. The van der Waals surface area contributed by atoms with Crippen molar-refractivity contribution in [2.24, 2.45) is 0 Å². The number of esters is 1. The van der Waals surface area contributed by atoms with E-state index < -0.39 is 5.97 Å². The number of rotatable bonds is 5. The lowest BCUT2D eigenvalue weighted by Crippen LogP contribution is -2.21. The van der Waals surface area contributed by atoms with Gasteiger partial charge < -0.3 is 10.1 Å². The molecule has 4 nitrogen and oxygen atoms in total. The molecule has 0 heterocycles. The highest BCUT2D eigenvalue weighted by Crippen LogP contribution is 2.16. The van der Waals surface area contributed by atoms with Gasteiger partial charge in [-0.15, -0.1) is 0 Å². The molecule has 0 atom stereocenters. The number of carbonyl (C=O) groups excluding carboxylic acids is 2. The molecular formula is C18H18ClNO3. The summed E-state index contributed by atoms with van der Waals surface area (Å²) in [6, 6.07) is 12.6. The minimum absolute atomic E-state index is 0.0383. The van der Waals surface area contributed by atoms with E-state index in [9.17, 15) is 9.59 Å². The van der Waals surface area contributed by atoms with Gasteiger partial charge in [-0.1, -0.05) is 35.9 Å². The van der Waals surface area contributed by atoms with Gasteiger partial charge in [0.05, 0.1) is 6.42 Å². The molecule has 120 valence electrons. The summed E-state index contributed by atoms with van der Waals surface area (Å²) in [5, 5.41) is 3.20. The maximum absolute atomic E-state index is 11.8. The van der Waals surface area contributed by atoms with E-state index in [1.165, 1.54) is 0 Å². The van der Waals surface area contributed by atoms with E-state index in [1.807, 2.05) is 32.0 Å². The van der Waals surface area contributed by atoms with Crippen molar-refractivity contribution in [2.75, 3.05) is 11.9 Å². The molecule has 0 fully saturated rings. The van der Waals surface area contributed by atoms with Crippen LogP contribution < -0.4 is 5.32 Å². The maximum Gasteiger partial charge on any atom is 0.310 e. The zero-order chi connectivity index (χ0) is 16.8. The molecule has 5 heteroatoms. The number of carbonyl (C=O) groups is 2. The number of nitrogens with one attached hydrogen (secondary N) is 1. The Labute approximate surface area is 140 Å². The summed E-state index contributed by atoms with van der Waals surface area (Å²) >= 11 is 5.98. The van der Waals surface area contributed by atoms with Gasteiger partial charge in [0.25, 0.3) is 5.91 Å². The average Bonchev–Trinajstić information content (AvgIpc) is 2.51. The second-order valence-electron chi connectivity index (χ2n) is 5.28. The molecule has 0 aromatic heterocycles. The summed E-state index contributed by atoms with van der Waals surface area (Å²) < 4.78 is 4.98. The summed E-state index contributed by atoms with van der Waals surface area (Å²) in [6.45, 7) is 3.64. The van der Waals surface area contributed by atoms with Crippen LogP contribution in [0.3, 0.4) is 0 Å². The molecule has 0 radical (unpaired) electrons. The van der Waals surface area contributed by atoms with Crippen LogP contribution in [0.2, 0.25) is 5.02 Å². The SMILES string of the molecule is Cc1ccc(NC(=O)COC(=O)Cc2ccccc2Cl)cc1C. The fourth-order valence-corrected chi connectivity index (χ4v) is 2.21. The number of anilines is 1. The Balaban J connectivity index is 1.83. The monoisotopic (exact) mass is 331 g/mol. The third kappa shape index (κ3) is 5.11. The lowest BCUT2D eigenvalue weighted by molar-refractivity contribution is -0.146. The lowest BCUT2D eigenvalue weighted by atomic mass is 10.1. The Morgan fingerprint density at radius 1 is 1.09 bits per heavy atom. The topological polar surface area (TPSA) is 55.4 Å². The molecule has 2 aromatic rings. The van der Waals surface area contributed by atoms with Gasteiger partial charge in [-0.05, 0) is 48.7 Å². The van der Waals surface area contributed by atoms with Crippen LogP contribution in [0, 0.1) is 13.8 Å². The first kappa shape index (κ1) is 17.0. The summed E-state index contributed by atoms with van der Waals surface area (Å²) in [5.74, 6) is -0.867. The minimum atomic E-state index is -0.492. The smallest absolute Gasteiger partial charge is 0.310 e. The third-order valence-corrected chi connectivity index (χ3v) is 3.82. The highest BCUT2D eigenvalue weighted by atomic mass is 35.5. The highest BCUT2D eigenvalue weighted by Gasteiger charge is 2.11. The van der Waals surface area contributed by atoms with Crippen LogP contribution >= 0.6 is 11.6 Å². The summed E-state index contributed by atoms with van der Waals surface area (Å²) in [4.78, 5) is 23.6. The van der Waals surface area contributed by atoms with Crippen LogP contribution in [0.5, 0.6) is 0 Å². The average molecular weight is 332 g/mol. The van der Waals surface area contributed by atoms with Gasteiger partial charge >= 0.3 is 5.97 Å². The van der Waals surface area contributed by atoms with Crippen LogP contribution in [0.1, 0.15) is 16.7 Å². The molecule has 0 spiro atoms. The van der Waals surface area contributed by atoms with Crippen LogP contribution in [0.15, 0.2) is 42.5 Å². The number of ether oxygens (including phenoxy) is 1. The number of amides is 1. The van der Waals surface area contributed by atoms with Gasteiger partial charge in [-0.2, -0.15) is 0 Å². The second kappa shape index (κ2) is 7.79. The Morgan fingerprint density at radius 3 is 2.52 bits per heavy atom. The number of benzene rings is 2. The molecule has 0 saturated heterocycles. The molecule has 1 amide bonds. The normalized spacial score (nSPS) is 10.2. The second-order valence-corrected chi connectivity index (χ2v) is 5.68. The standard InChI is InChI=1S/C18H18ClNO3/c1-12-7-8-15(9-13(12)2)20-17(21)11-23-18(22)10-14-5-3-4-6-16(14)19/h3-9H,10-11H2,1-2H3,(H,20,21). The van der Waals surface area contributed by atoms with Crippen molar-refractivity contribution in [2.45, 2.75) is 20.3 Å². The minimum Gasteiger partial charge on any atom is -0.455 e. The molecular weight excluding hydrogens is 314 g/mol. The number of aryl methyl sites for hydroxylation is 2. The first-order valence-corrected chi connectivity index (χ1v) is 7.59. The first-order valence-electron chi connectivity index (χ1n) is 7.22. The molecule has 0 bridgehead atoms. The van der Waals surface area contributed by atoms with Crippen molar-refractivity contribution >= 4 is 29.2 Å². The van der Waals surface area contributed by atoms with Crippen LogP contribution in [0.4, 0.5) is 5.69 Å². The maximum atomic E-state index is 11.8. The van der Waals surface area contributed by atoms with Crippen LogP contribution in [-0.2, 0) is 20.7 Å². The quantitative estimate of drug-likeness (QED) is 0.850. The number of hydrogen-bond acceptors (Lipinski definition) is 3. The predicted molar refractivity (Wildman–Crippen MR) is 90.7 cm³/mol. The molecule has 2 aromatic carbocycles. The van der Waals surface area contributed by atoms with E-state index in [0.29, 0.717) is 16.3 Å². The molecule has 0 aliphatic carbocycles. The molecule has 1 N–H and O–H groups in total. The van der Waals surface area contributed by atoms with Gasteiger partial charge in [0.1, 0.15) is 0 Å². The van der Waals surface area contributed by atoms with E-state index in [1.54, 1.807) is 24.3 Å². The summed E-state index contributed by atoms with van der Waals surface area (Å²) in [5.41, 5.74) is 3.58. The van der Waals surface area contributed by atoms with Gasteiger partial charge in [-0.3, -0.25) is 9.59 Å². The lowest BCUT2D eigenvalue weighted by Gasteiger charge is -2.09. The van der Waals surface area contributed by atoms with Crippen molar-refractivity contribution in [1.29, 1.82) is 0 Å². The van der Waals surface area contributed by atoms with Gasteiger partial charge in [0.2, 0.25) is 0 Å². The predicted octanol–water partition coefficient (Wildman–Crippen LogP) is 3.68. The van der Waals surface area contributed by atoms with Crippen molar-refractivity contribution in [3.05, 3.63) is 64.2 Å². The van der Waals surface area contributed by atoms with Crippen molar-refractivity contribution in [1.82, 2.24) is 0 Å². The van der Waals surface area contributed by atoms with E-state index in [-0.39, 0.29) is 18.9 Å². The first-order chi connectivity index (χ1) is 11.0. The summed E-state index contributed by atoms with van der Waals surface area (Å²) in [6.07, 6.45) is 0.0383.